The van der Waals surface area contributed by atoms with Crippen LogP contribution in [0.15, 0.2) is 48.8 Å². The summed E-state index contributed by atoms with van der Waals surface area (Å²) in [4.78, 5) is 21.7. The van der Waals surface area contributed by atoms with Gasteiger partial charge in [-0.3, -0.25) is 4.79 Å². The molecule has 0 unspecified atom stereocenters. The zero-order valence-electron chi connectivity index (χ0n) is 13.4. The smallest absolute Gasteiger partial charge is 0.227 e. The minimum atomic E-state index is 0.169. The Morgan fingerprint density at radius 1 is 1.12 bits per heavy atom. The zero-order chi connectivity index (χ0) is 16.4. The Kier molecular flexibility index (Phi) is 4.01. The van der Waals surface area contributed by atoms with E-state index in [1.807, 2.05) is 41.6 Å². The minimum Gasteiger partial charge on any atom is -0.378 e. The Bertz CT molecular complexity index is 848. The number of carbonyl (C=O) groups is 1. The molecule has 1 aromatic carbocycles. The molecule has 122 valence electrons. The molecule has 1 N–H and O–H groups in total. The molecule has 1 fully saturated rings. The maximum Gasteiger partial charge on any atom is 0.227 e. The van der Waals surface area contributed by atoms with Gasteiger partial charge in [0.2, 0.25) is 5.91 Å². The lowest BCUT2D eigenvalue weighted by Crippen LogP contribution is -2.41. The summed E-state index contributed by atoms with van der Waals surface area (Å²) in [6.45, 7) is 2.66. The number of carbonyl (C=O) groups excluding carboxylic acids is 1. The largest absolute Gasteiger partial charge is 0.378 e. The maximum atomic E-state index is 12.3. The number of nitrogens with one attached hydrogen (secondary N) is 1. The van der Waals surface area contributed by atoms with Crippen molar-refractivity contribution in [1.82, 2.24) is 14.9 Å². The van der Waals surface area contributed by atoms with Crippen molar-refractivity contribution < 1.29 is 9.53 Å². The number of pyridine rings is 1. The van der Waals surface area contributed by atoms with E-state index >= 15 is 0 Å². The first-order chi connectivity index (χ1) is 11.8. The lowest BCUT2D eigenvalue weighted by atomic mass is 10.0. The average molecular weight is 321 g/mol. The van der Waals surface area contributed by atoms with E-state index in [1.165, 1.54) is 0 Å². The van der Waals surface area contributed by atoms with Crippen molar-refractivity contribution in [2.75, 3.05) is 26.3 Å². The molecule has 3 aromatic rings. The normalized spacial score (nSPS) is 14.9. The zero-order valence-corrected chi connectivity index (χ0v) is 13.4. The van der Waals surface area contributed by atoms with Crippen LogP contribution in [0.2, 0.25) is 0 Å². The molecular formula is C19H19N3O2. The molecule has 1 amide bonds. The Hall–Kier alpha value is -2.66. The van der Waals surface area contributed by atoms with Gasteiger partial charge in [0.25, 0.3) is 0 Å². The van der Waals surface area contributed by atoms with E-state index in [2.05, 4.69) is 22.1 Å². The fraction of sp³-hybridized carbons (Fsp3) is 0.263. The number of morpholine rings is 1. The quantitative estimate of drug-likeness (QED) is 0.807. The number of rotatable bonds is 3. The van der Waals surface area contributed by atoms with Crippen LogP contribution in [0.3, 0.4) is 0 Å². The second-order valence-electron chi connectivity index (χ2n) is 5.97. The van der Waals surface area contributed by atoms with Gasteiger partial charge in [0.15, 0.2) is 0 Å². The number of fused-ring (bicyclic) bond motifs is 1. The van der Waals surface area contributed by atoms with E-state index in [1.54, 1.807) is 0 Å². The molecule has 1 aliphatic rings. The van der Waals surface area contributed by atoms with Gasteiger partial charge in [0, 0.05) is 30.9 Å². The highest BCUT2D eigenvalue weighted by Gasteiger charge is 2.17. The summed E-state index contributed by atoms with van der Waals surface area (Å²) < 4.78 is 5.29. The first kappa shape index (κ1) is 14.9. The topological polar surface area (TPSA) is 58.2 Å². The molecule has 0 saturated carbocycles. The maximum absolute atomic E-state index is 12.3. The van der Waals surface area contributed by atoms with Crippen LogP contribution in [0.25, 0.3) is 22.2 Å². The highest BCUT2D eigenvalue weighted by Crippen LogP contribution is 2.27. The molecule has 24 heavy (non-hydrogen) atoms. The van der Waals surface area contributed by atoms with Gasteiger partial charge in [-0.15, -0.1) is 0 Å². The fourth-order valence-corrected chi connectivity index (χ4v) is 3.11. The molecular weight excluding hydrogens is 302 g/mol. The van der Waals surface area contributed by atoms with Crippen molar-refractivity contribution in [2.24, 2.45) is 0 Å². The summed E-state index contributed by atoms with van der Waals surface area (Å²) >= 11 is 0. The minimum absolute atomic E-state index is 0.169. The molecule has 1 aliphatic heterocycles. The van der Waals surface area contributed by atoms with E-state index in [0.29, 0.717) is 32.7 Å². The molecule has 0 radical (unpaired) electrons. The van der Waals surface area contributed by atoms with Gasteiger partial charge in [0.1, 0.15) is 5.65 Å². The number of ether oxygens (including phenoxy) is 1. The summed E-state index contributed by atoms with van der Waals surface area (Å²) in [5.74, 6) is 0.169. The third kappa shape index (κ3) is 2.90. The molecule has 4 rings (SSSR count). The summed E-state index contributed by atoms with van der Waals surface area (Å²) in [7, 11) is 0. The Morgan fingerprint density at radius 3 is 2.71 bits per heavy atom. The first-order valence-electron chi connectivity index (χ1n) is 8.18. The lowest BCUT2D eigenvalue weighted by molar-refractivity contribution is -0.134. The second-order valence-corrected chi connectivity index (χ2v) is 5.97. The Morgan fingerprint density at radius 2 is 1.92 bits per heavy atom. The van der Waals surface area contributed by atoms with Crippen molar-refractivity contribution >= 4 is 16.9 Å². The number of H-pyrrole nitrogens is 1. The predicted octanol–water partition coefficient (Wildman–Crippen LogP) is 2.63. The van der Waals surface area contributed by atoms with Crippen LogP contribution in [0.1, 0.15) is 5.56 Å². The molecule has 0 aliphatic carbocycles. The Labute approximate surface area is 140 Å². The van der Waals surface area contributed by atoms with Crippen LogP contribution in [-0.2, 0) is 16.0 Å². The lowest BCUT2D eigenvalue weighted by Gasteiger charge is -2.26. The van der Waals surface area contributed by atoms with Gasteiger partial charge in [-0.25, -0.2) is 4.98 Å². The van der Waals surface area contributed by atoms with Crippen molar-refractivity contribution in [3.63, 3.8) is 0 Å². The van der Waals surface area contributed by atoms with Gasteiger partial charge in [0.05, 0.1) is 19.6 Å². The SMILES string of the molecule is O=C(Cc1ccc(-c2ccnc3[nH]ccc23)cc1)N1CCOCC1. The van der Waals surface area contributed by atoms with Gasteiger partial charge in [-0.2, -0.15) is 0 Å². The van der Waals surface area contributed by atoms with Crippen molar-refractivity contribution in [3.8, 4) is 11.1 Å². The van der Waals surface area contributed by atoms with E-state index in [0.717, 1.165) is 27.7 Å². The molecule has 0 atom stereocenters. The van der Waals surface area contributed by atoms with Crippen LogP contribution < -0.4 is 0 Å². The molecule has 2 aromatic heterocycles. The number of benzene rings is 1. The molecule has 5 heteroatoms. The molecule has 1 saturated heterocycles. The summed E-state index contributed by atoms with van der Waals surface area (Å²) in [5, 5.41) is 1.11. The third-order valence-electron chi connectivity index (χ3n) is 4.44. The highest BCUT2D eigenvalue weighted by molar-refractivity contribution is 5.92. The van der Waals surface area contributed by atoms with E-state index in [-0.39, 0.29) is 5.91 Å². The number of hydrogen-bond donors (Lipinski definition) is 1. The van der Waals surface area contributed by atoms with Crippen LogP contribution in [0, 0.1) is 0 Å². The van der Waals surface area contributed by atoms with Gasteiger partial charge >= 0.3 is 0 Å². The van der Waals surface area contributed by atoms with Gasteiger partial charge in [-0.1, -0.05) is 24.3 Å². The monoisotopic (exact) mass is 321 g/mol. The first-order valence-corrected chi connectivity index (χ1v) is 8.18. The van der Waals surface area contributed by atoms with Crippen LogP contribution in [0.5, 0.6) is 0 Å². The standard InChI is InChI=1S/C19H19N3O2/c23-18(22-9-11-24-12-10-22)13-14-1-3-15(4-2-14)16-5-7-20-19-17(16)6-8-21-19/h1-8H,9-13H2,(H,20,21). The van der Waals surface area contributed by atoms with Crippen molar-refractivity contribution in [2.45, 2.75) is 6.42 Å². The Balaban J connectivity index is 1.52. The number of aromatic amines is 1. The summed E-state index contributed by atoms with van der Waals surface area (Å²) in [6, 6.07) is 12.3. The average Bonchev–Trinajstić information content (AvgIpc) is 3.12. The molecule has 3 heterocycles. The van der Waals surface area contributed by atoms with Crippen LogP contribution >= 0.6 is 0 Å². The fourth-order valence-electron chi connectivity index (χ4n) is 3.11. The van der Waals surface area contributed by atoms with Crippen molar-refractivity contribution in [1.29, 1.82) is 0 Å². The van der Waals surface area contributed by atoms with Gasteiger partial charge in [-0.05, 0) is 28.8 Å². The third-order valence-corrected chi connectivity index (χ3v) is 4.44. The number of aromatic nitrogens is 2. The van der Waals surface area contributed by atoms with E-state index in [4.69, 9.17) is 4.74 Å². The predicted molar refractivity (Wildman–Crippen MR) is 92.6 cm³/mol. The summed E-state index contributed by atoms with van der Waals surface area (Å²) in [5.41, 5.74) is 4.20. The second kappa shape index (κ2) is 6.45. The molecule has 0 bridgehead atoms. The molecule has 0 spiro atoms. The van der Waals surface area contributed by atoms with Crippen LogP contribution in [0.4, 0.5) is 0 Å². The van der Waals surface area contributed by atoms with E-state index in [9.17, 15) is 4.79 Å². The molecule has 5 nitrogen and oxygen atoms in total. The van der Waals surface area contributed by atoms with Crippen LogP contribution in [-0.4, -0.2) is 47.1 Å². The number of amides is 1. The van der Waals surface area contributed by atoms with Crippen molar-refractivity contribution in [3.05, 3.63) is 54.4 Å². The highest BCUT2D eigenvalue weighted by atomic mass is 16.5. The van der Waals surface area contributed by atoms with Gasteiger partial charge < -0.3 is 14.6 Å². The number of nitrogens with zero attached hydrogens (tertiary/aromatic N) is 2. The van der Waals surface area contributed by atoms with E-state index < -0.39 is 0 Å². The summed E-state index contributed by atoms with van der Waals surface area (Å²) in [6.07, 6.45) is 4.15. The number of hydrogen-bond acceptors (Lipinski definition) is 3.